The van der Waals surface area contributed by atoms with Gasteiger partial charge in [-0.05, 0) is 41.0 Å². The molecule has 5 atom stereocenters. The maximum Gasteiger partial charge on any atom is 0.508 e. The first-order chi connectivity index (χ1) is 23.8. The van der Waals surface area contributed by atoms with Crippen molar-refractivity contribution in [3.63, 3.8) is 0 Å². The van der Waals surface area contributed by atoms with E-state index in [9.17, 15) is 19.5 Å². The second kappa shape index (κ2) is 12.3. The number of carbonyl (C=O) groups is 3. The minimum atomic E-state index is -1.19. The number of nitrogens with one attached hydrogen (secondary N) is 2. The van der Waals surface area contributed by atoms with Crippen LogP contribution in [0.15, 0.2) is 57.6 Å². The number of para-hydroxylation sites is 1. The summed E-state index contributed by atoms with van der Waals surface area (Å²) < 4.78 is 29.1. The van der Waals surface area contributed by atoms with Gasteiger partial charge in [-0.2, -0.15) is 0 Å². The van der Waals surface area contributed by atoms with E-state index in [-0.39, 0.29) is 48.7 Å². The predicted octanol–water partition coefficient (Wildman–Crippen LogP) is 5.44. The highest BCUT2D eigenvalue weighted by atomic mass is 16.7. The van der Waals surface area contributed by atoms with Gasteiger partial charge < -0.3 is 38.8 Å². The fraction of sp³-hybridized carbons (Fsp3) is 0.432. The fourth-order valence-electron chi connectivity index (χ4n) is 7.09. The molecule has 3 aliphatic heterocycles. The average Bonchev–Trinajstić information content (AvgIpc) is 3.85. The number of ether oxygens (including phenoxy) is 3. The third kappa shape index (κ3) is 5.49. The highest BCUT2D eigenvalue weighted by Gasteiger charge is 2.61. The number of fused-ring (bicyclic) bond motifs is 4. The Balaban J connectivity index is 1.45. The Kier molecular flexibility index (Phi) is 8.20. The summed E-state index contributed by atoms with van der Waals surface area (Å²) in [5.74, 6) is -0.533. The Labute approximate surface area is 288 Å². The molecule has 3 N–H and O–H groups in total. The van der Waals surface area contributed by atoms with E-state index in [0.717, 1.165) is 22.4 Å². The monoisotopic (exact) mass is 684 g/mol. The van der Waals surface area contributed by atoms with Crippen LogP contribution in [0, 0.1) is 17.3 Å². The quantitative estimate of drug-likeness (QED) is 0.211. The van der Waals surface area contributed by atoms with E-state index in [1.165, 1.54) is 13.4 Å². The molecule has 5 heterocycles. The van der Waals surface area contributed by atoms with Gasteiger partial charge in [-0.3, -0.25) is 9.59 Å². The number of hydrogen-bond acceptors (Lipinski definition) is 12. The van der Waals surface area contributed by atoms with Gasteiger partial charge in [-0.25, -0.2) is 14.8 Å². The van der Waals surface area contributed by atoms with Gasteiger partial charge in [0.15, 0.2) is 23.5 Å². The molecule has 13 nitrogen and oxygen atoms in total. The summed E-state index contributed by atoms with van der Waals surface area (Å²) in [6.07, 6.45) is -1.24. The first-order valence-corrected chi connectivity index (χ1v) is 16.6. The van der Waals surface area contributed by atoms with E-state index < -0.39 is 47.1 Å². The summed E-state index contributed by atoms with van der Waals surface area (Å²) in [4.78, 5) is 48.7. The van der Waals surface area contributed by atoms with Gasteiger partial charge in [0.2, 0.25) is 17.7 Å². The number of nitrogens with zero attached hydrogens (tertiary/aromatic N) is 2. The molecule has 0 saturated carbocycles. The SMILES string of the molecule is COC(=O)OCc1coc(-c2nc3oc2C24c5ccccc5N[C@H]2Oc2ccc(cc24)CC(CC(=O)[C@@H](O)C(C)C)C(=O)N[C@H]3C(C)(C)C)n1. The van der Waals surface area contributed by atoms with Crippen LogP contribution in [0.2, 0.25) is 0 Å². The minimum Gasteiger partial charge on any atom is -0.469 e. The van der Waals surface area contributed by atoms with Crippen LogP contribution in [0.3, 0.4) is 0 Å². The molecule has 50 heavy (non-hydrogen) atoms. The molecule has 7 rings (SSSR count). The molecule has 0 radical (unpaired) electrons. The number of aliphatic hydroxyl groups excluding tert-OH is 1. The number of aliphatic hydroxyl groups is 1. The molecule has 1 amide bonds. The summed E-state index contributed by atoms with van der Waals surface area (Å²) in [7, 11) is 1.21. The van der Waals surface area contributed by atoms with Crippen molar-refractivity contribution in [2.45, 2.75) is 77.9 Å². The number of amides is 1. The Hall–Kier alpha value is -5.17. The van der Waals surface area contributed by atoms with Crippen molar-refractivity contribution in [1.82, 2.24) is 15.3 Å². The first kappa shape index (κ1) is 33.3. The second-order valence-electron chi connectivity index (χ2n) is 14.5. The lowest BCUT2D eigenvalue weighted by Gasteiger charge is -2.32. The highest BCUT2D eigenvalue weighted by Crippen LogP contribution is 2.59. The molecule has 13 heteroatoms. The summed E-state index contributed by atoms with van der Waals surface area (Å²) in [6.45, 7) is 9.20. The predicted molar refractivity (Wildman–Crippen MR) is 178 cm³/mol. The number of Topliss-reactive ketones (excluding diaryl/α,β-unsaturated/α-hetero) is 1. The summed E-state index contributed by atoms with van der Waals surface area (Å²) in [5.41, 5.74) is 2.21. The molecule has 0 aliphatic carbocycles. The number of aromatic nitrogens is 2. The van der Waals surface area contributed by atoms with Crippen LogP contribution in [-0.4, -0.2) is 52.4 Å². The van der Waals surface area contributed by atoms with Crippen LogP contribution >= 0.6 is 0 Å². The zero-order chi connectivity index (χ0) is 35.5. The lowest BCUT2D eigenvalue weighted by Crippen LogP contribution is -2.42. The van der Waals surface area contributed by atoms with Crippen molar-refractivity contribution >= 4 is 23.5 Å². The first-order valence-electron chi connectivity index (χ1n) is 16.6. The molecule has 2 unspecified atom stereocenters. The average molecular weight is 685 g/mol. The molecule has 4 aromatic rings. The fourth-order valence-corrected chi connectivity index (χ4v) is 7.09. The minimum absolute atomic E-state index is 0.112. The molecule has 0 fully saturated rings. The second-order valence-corrected chi connectivity index (χ2v) is 14.5. The topological polar surface area (TPSA) is 175 Å². The van der Waals surface area contributed by atoms with Crippen molar-refractivity contribution in [3.8, 4) is 17.3 Å². The maximum absolute atomic E-state index is 14.2. The lowest BCUT2D eigenvalue weighted by molar-refractivity contribution is -0.135. The van der Waals surface area contributed by atoms with Crippen molar-refractivity contribution in [2.24, 2.45) is 17.3 Å². The molecule has 2 aromatic heterocycles. The van der Waals surface area contributed by atoms with E-state index in [0.29, 0.717) is 17.2 Å². The summed E-state index contributed by atoms with van der Waals surface area (Å²) in [6, 6.07) is 12.8. The van der Waals surface area contributed by atoms with Crippen molar-refractivity contribution in [3.05, 3.63) is 82.8 Å². The Bertz CT molecular complexity index is 1970. The number of methoxy groups -OCH3 is 1. The Morgan fingerprint density at radius 1 is 1.10 bits per heavy atom. The molecular formula is C37H40N4O9. The van der Waals surface area contributed by atoms with Crippen LogP contribution in [0.4, 0.5) is 10.5 Å². The maximum atomic E-state index is 14.2. The largest absolute Gasteiger partial charge is 0.508 e. The number of anilines is 1. The number of benzene rings is 2. The van der Waals surface area contributed by atoms with Crippen LogP contribution < -0.4 is 15.4 Å². The standard InChI is InChI=1S/C37H40N4O9/c1-18(2)28(43)25(42)15-20-13-19-11-12-26-23(14-19)37(22-9-7-8-10-24(22)39-34(37)49-26)30-27(32-38-21(16-47-32)17-48-35(45)46-6)40-33(50-30)29(36(3,4)5)41-31(20)44/h7-12,14,16,18,20,28-29,34,39,43H,13,15,17H2,1-6H3,(H,41,44)/t20?,28-,29+,34-,37?/m0/s1. The normalized spacial score (nSPS) is 22.6. The van der Waals surface area contributed by atoms with E-state index in [1.807, 2.05) is 63.2 Å². The van der Waals surface area contributed by atoms with Crippen LogP contribution in [0.1, 0.15) is 81.1 Å². The molecule has 1 spiro atoms. The number of rotatable bonds is 7. The summed E-state index contributed by atoms with van der Waals surface area (Å²) in [5, 5.41) is 17.3. The van der Waals surface area contributed by atoms with Gasteiger partial charge >= 0.3 is 6.16 Å². The zero-order valence-electron chi connectivity index (χ0n) is 28.7. The van der Waals surface area contributed by atoms with Gasteiger partial charge in [-0.1, -0.05) is 65.0 Å². The van der Waals surface area contributed by atoms with Crippen molar-refractivity contribution in [2.75, 3.05) is 12.4 Å². The van der Waals surface area contributed by atoms with E-state index >= 15 is 0 Å². The van der Waals surface area contributed by atoms with Gasteiger partial charge in [0.25, 0.3) is 0 Å². The van der Waals surface area contributed by atoms with Gasteiger partial charge in [0.1, 0.15) is 41.9 Å². The number of carbonyl (C=O) groups excluding carboxylic acids is 3. The van der Waals surface area contributed by atoms with Crippen LogP contribution in [0.5, 0.6) is 5.75 Å². The lowest BCUT2D eigenvalue weighted by atomic mass is 9.72. The van der Waals surface area contributed by atoms with E-state index in [4.69, 9.17) is 23.3 Å². The molecule has 262 valence electrons. The zero-order valence-corrected chi connectivity index (χ0v) is 28.7. The summed E-state index contributed by atoms with van der Waals surface area (Å²) >= 11 is 0. The molecule has 3 aliphatic rings. The van der Waals surface area contributed by atoms with E-state index in [2.05, 4.69) is 20.4 Å². The van der Waals surface area contributed by atoms with Crippen molar-refractivity contribution in [1.29, 1.82) is 0 Å². The van der Waals surface area contributed by atoms with Gasteiger partial charge in [0.05, 0.1) is 7.11 Å². The van der Waals surface area contributed by atoms with Crippen LogP contribution in [-0.2, 0) is 37.5 Å². The molecule has 4 bridgehead atoms. The smallest absolute Gasteiger partial charge is 0.469 e. The Morgan fingerprint density at radius 2 is 1.88 bits per heavy atom. The van der Waals surface area contributed by atoms with Gasteiger partial charge in [0, 0.05) is 23.6 Å². The molecule has 0 saturated heterocycles. The highest BCUT2D eigenvalue weighted by molar-refractivity contribution is 5.89. The number of ketones is 1. The van der Waals surface area contributed by atoms with Gasteiger partial charge in [-0.15, -0.1) is 0 Å². The number of oxazole rings is 2. The van der Waals surface area contributed by atoms with Crippen LogP contribution in [0.25, 0.3) is 11.6 Å². The Morgan fingerprint density at radius 3 is 2.62 bits per heavy atom. The molecular weight excluding hydrogens is 644 g/mol. The third-order valence-electron chi connectivity index (χ3n) is 9.67. The van der Waals surface area contributed by atoms with Crippen molar-refractivity contribution < 1.29 is 42.5 Å². The number of hydrogen-bond donors (Lipinski definition) is 3. The molecule has 2 aromatic carbocycles. The third-order valence-corrected chi connectivity index (χ3v) is 9.67. The van der Waals surface area contributed by atoms with E-state index in [1.54, 1.807) is 13.8 Å².